The molecule has 0 radical (unpaired) electrons. The first-order valence-electron chi connectivity index (χ1n) is 9.99. The molecule has 0 aliphatic rings. The van der Waals surface area contributed by atoms with Crippen LogP contribution in [0.1, 0.15) is 5.69 Å². The first-order valence-corrected chi connectivity index (χ1v) is 14.1. The highest BCUT2D eigenvalue weighted by molar-refractivity contribution is 8.09. The van der Waals surface area contributed by atoms with Gasteiger partial charge in [0.15, 0.2) is 5.82 Å². The third-order valence-corrected chi connectivity index (χ3v) is 8.55. The van der Waals surface area contributed by atoms with Crippen LogP contribution in [0.4, 0.5) is 21.6 Å². The van der Waals surface area contributed by atoms with Crippen molar-refractivity contribution < 1.29 is 21.2 Å². The summed E-state index contributed by atoms with van der Waals surface area (Å²) in [5.74, 6) is -0.321. The summed E-state index contributed by atoms with van der Waals surface area (Å²) in [4.78, 5) is 12.7. The van der Waals surface area contributed by atoms with Crippen molar-refractivity contribution >= 4 is 59.7 Å². The fraction of sp³-hybridized carbons (Fsp3) is 0.136. The van der Waals surface area contributed by atoms with Gasteiger partial charge in [0.05, 0.1) is 40.1 Å². The molecule has 0 bridgehead atoms. The van der Waals surface area contributed by atoms with Crippen LogP contribution in [-0.4, -0.2) is 44.3 Å². The van der Waals surface area contributed by atoms with Crippen molar-refractivity contribution in [2.75, 3.05) is 21.5 Å². The molecule has 182 valence electrons. The Bertz CT molecular complexity index is 1650. The van der Waals surface area contributed by atoms with E-state index in [4.69, 9.17) is 11.6 Å². The summed E-state index contributed by atoms with van der Waals surface area (Å²) in [6, 6.07) is 11.1. The Hall–Kier alpha value is -3.35. The van der Waals surface area contributed by atoms with E-state index < -0.39 is 25.9 Å². The van der Waals surface area contributed by atoms with E-state index in [1.54, 1.807) is 24.3 Å². The van der Waals surface area contributed by atoms with Crippen molar-refractivity contribution in [2.45, 2.75) is 6.92 Å². The Balaban J connectivity index is 1.85. The SMILES string of the molecule is Cc1ncc(-c2ccc3ncnc(Nc4cccc(Cl)c4F)c3c2)cc1N(S(C)(=O)=O)S(C)(=O)=O. The fourth-order valence-corrected chi connectivity index (χ4v) is 6.76. The Morgan fingerprint density at radius 2 is 1.66 bits per heavy atom. The van der Waals surface area contributed by atoms with Gasteiger partial charge in [0.25, 0.3) is 0 Å². The summed E-state index contributed by atoms with van der Waals surface area (Å²) in [6.07, 6.45) is 4.44. The van der Waals surface area contributed by atoms with Gasteiger partial charge in [0.2, 0.25) is 20.0 Å². The summed E-state index contributed by atoms with van der Waals surface area (Å²) in [5.41, 5.74) is 1.84. The molecule has 13 heteroatoms. The molecule has 2 aromatic carbocycles. The average Bonchev–Trinajstić information content (AvgIpc) is 2.76. The van der Waals surface area contributed by atoms with Gasteiger partial charge in [-0.2, -0.15) is 3.71 Å². The average molecular weight is 536 g/mol. The van der Waals surface area contributed by atoms with Gasteiger partial charge in [-0.25, -0.2) is 31.2 Å². The Morgan fingerprint density at radius 1 is 0.943 bits per heavy atom. The molecule has 9 nitrogen and oxygen atoms in total. The molecule has 0 saturated carbocycles. The highest BCUT2D eigenvalue weighted by Gasteiger charge is 2.29. The van der Waals surface area contributed by atoms with E-state index in [1.165, 1.54) is 37.6 Å². The van der Waals surface area contributed by atoms with E-state index in [-0.39, 0.29) is 22.1 Å². The predicted molar refractivity (Wildman–Crippen MR) is 134 cm³/mol. The van der Waals surface area contributed by atoms with Gasteiger partial charge in [-0.15, -0.1) is 0 Å². The van der Waals surface area contributed by atoms with Crippen molar-refractivity contribution in [1.29, 1.82) is 0 Å². The van der Waals surface area contributed by atoms with Crippen LogP contribution in [0.25, 0.3) is 22.0 Å². The molecule has 4 rings (SSSR count). The molecular weight excluding hydrogens is 517 g/mol. The molecule has 0 saturated heterocycles. The number of aryl methyl sites for hydroxylation is 1. The van der Waals surface area contributed by atoms with Gasteiger partial charge < -0.3 is 5.32 Å². The number of sulfonamides is 2. The van der Waals surface area contributed by atoms with E-state index in [0.717, 1.165) is 12.5 Å². The van der Waals surface area contributed by atoms with Gasteiger partial charge in [-0.3, -0.25) is 4.98 Å². The smallest absolute Gasteiger partial charge is 0.245 e. The maximum Gasteiger partial charge on any atom is 0.245 e. The van der Waals surface area contributed by atoms with Crippen LogP contribution >= 0.6 is 11.6 Å². The Kier molecular flexibility index (Phi) is 6.38. The molecular formula is C22H19ClFN5O4S2. The van der Waals surface area contributed by atoms with E-state index in [2.05, 4.69) is 20.3 Å². The first kappa shape index (κ1) is 24.8. The summed E-state index contributed by atoms with van der Waals surface area (Å²) < 4.78 is 63.9. The molecule has 0 aliphatic heterocycles. The zero-order valence-corrected chi connectivity index (χ0v) is 21.1. The van der Waals surface area contributed by atoms with E-state index >= 15 is 0 Å². The zero-order valence-electron chi connectivity index (χ0n) is 18.7. The summed E-state index contributed by atoms with van der Waals surface area (Å²) in [5, 5.41) is 3.41. The summed E-state index contributed by atoms with van der Waals surface area (Å²) in [7, 11) is -8.30. The van der Waals surface area contributed by atoms with Crippen LogP contribution in [0, 0.1) is 12.7 Å². The van der Waals surface area contributed by atoms with Gasteiger partial charge in [0.1, 0.15) is 12.1 Å². The molecule has 0 spiro atoms. The first-order chi connectivity index (χ1) is 16.4. The van der Waals surface area contributed by atoms with Gasteiger partial charge in [-0.1, -0.05) is 23.7 Å². The highest BCUT2D eigenvalue weighted by atomic mass is 35.5. The number of aromatic nitrogens is 3. The Labute approximate surface area is 206 Å². The van der Waals surface area contributed by atoms with Crippen molar-refractivity contribution in [3.05, 3.63) is 71.5 Å². The third kappa shape index (κ3) is 5.04. The minimum absolute atomic E-state index is 0.0476. The van der Waals surface area contributed by atoms with E-state index in [9.17, 15) is 21.2 Å². The number of hydrogen-bond donors (Lipinski definition) is 1. The molecule has 0 amide bonds. The zero-order chi connectivity index (χ0) is 25.5. The molecule has 2 aromatic heterocycles. The molecule has 2 heterocycles. The molecule has 4 aromatic rings. The standard InChI is InChI=1S/C22H19ClFN5O4S2/c1-13-20(29(34(2,30)31)35(3,32)33)10-15(11-25-13)14-7-8-18-16(9-14)22(27-12-26-18)28-19-6-4-5-17(23)21(19)24/h4-12H,1-3H3,(H,26,27,28). The largest absolute Gasteiger partial charge is 0.337 e. The second-order valence-corrected chi connectivity index (χ2v) is 12.0. The van der Waals surface area contributed by atoms with Crippen LogP contribution in [0.2, 0.25) is 5.02 Å². The normalized spacial score (nSPS) is 12.0. The lowest BCUT2D eigenvalue weighted by molar-refractivity contribution is 0.590. The fourth-order valence-electron chi connectivity index (χ4n) is 3.53. The number of nitrogens with zero attached hydrogens (tertiary/aromatic N) is 4. The van der Waals surface area contributed by atoms with E-state index in [1.807, 2.05) is 0 Å². The lowest BCUT2D eigenvalue weighted by Gasteiger charge is -2.21. The van der Waals surface area contributed by atoms with Crippen LogP contribution in [0.3, 0.4) is 0 Å². The molecule has 35 heavy (non-hydrogen) atoms. The topological polar surface area (TPSA) is 122 Å². The minimum atomic E-state index is -4.15. The number of anilines is 3. The second-order valence-electron chi connectivity index (χ2n) is 7.73. The van der Waals surface area contributed by atoms with Gasteiger partial charge >= 0.3 is 0 Å². The molecule has 0 aliphatic carbocycles. The van der Waals surface area contributed by atoms with Crippen molar-refractivity contribution in [1.82, 2.24) is 15.0 Å². The second kappa shape index (κ2) is 9.02. The summed E-state index contributed by atoms with van der Waals surface area (Å²) in [6.45, 7) is 1.51. The van der Waals surface area contributed by atoms with Crippen molar-refractivity contribution in [3.63, 3.8) is 0 Å². The van der Waals surface area contributed by atoms with Crippen LogP contribution in [-0.2, 0) is 20.0 Å². The number of pyridine rings is 1. The molecule has 1 N–H and O–H groups in total. The maximum atomic E-state index is 14.4. The monoisotopic (exact) mass is 535 g/mol. The van der Waals surface area contributed by atoms with Crippen LogP contribution < -0.4 is 9.03 Å². The number of benzene rings is 2. The molecule has 0 atom stereocenters. The van der Waals surface area contributed by atoms with Crippen molar-refractivity contribution in [3.8, 4) is 11.1 Å². The number of rotatable bonds is 6. The van der Waals surface area contributed by atoms with Crippen LogP contribution in [0.15, 0.2) is 55.0 Å². The molecule has 0 unspecified atom stereocenters. The Morgan fingerprint density at radius 3 is 2.34 bits per heavy atom. The minimum Gasteiger partial charge on any atom is -0.337 e. The highest BCUT2D eigenvalue weighted by Crippen LogP contribution is 2.33. The summed E-state index contributed by atoms with van der Waals surface area (Å²) >= 11 is 5.88. The third-order valence-electron chi connectivity index (χ3n) is 5.03. The number of hydrogen-bond acceptors (Lipinski definition) is 8. The maximum absolute atomic E-state index is 14.4. The number of nitrogens with one attached hydrogen (secondary N) is 1. The van der Waals surface area contributed by atoms with Gasteiger partial charge in [-0.05, 0) is 42.8 Å². The lowest BCUT2D eigenvalue weighted by atomic mass is 10.0. The van der Waals surface area contributed by atoms with Crippen LogP contribution in [0.5, 0.6) is 0 Å². The quantitative estimate of drug-likeness (QED) is 0.388. The van der Waals surface area contributed by atoms with Gasteiger partial charge in [0, 0.05) is 17.1 Å². The van der Waals surface area contributed by atoms with E-state index in [0.29, 0.717) is 31.6 Å². The van der Waals surface area contributed by atoms with Crippen molar-refractivity contribution in [2.24, 2.45) is 0 Å². The predicted octanol–water partition coefficient (Wildman–Crippen LogP) is 4.26. The molecule has 0 fully saturated rings. The lowest BCUT2D eigenvalue weighted by Crippen LogP contribution is -2.35. The number of fused-ring (bicyclic) bond motifs is 1. The number of halogens is 2.